The maximum absolute atomic E-state index is 12.8. The number of anilines is 1. The average molecular weight is 323 g/mol. The molecule has 2 aliphatic rings. The molecule has 1 amide bonds. The lowest BCUT2D eigenvalue weighted by Gasteiger charge is -2.37. The van der Waals surface area contributed by atoms with Crippen molar-refractivity contribution in [3.8, 4) is 0 Å². The van der Waals surface area contributed by atoms with Gasteiger partial charge in [-0.15, -0.1) is 0 Å². The minimum atomic E-state index is -4.37. The summed E-state index contributed by atoms with van der Waals surface area (Å²) in [4.78, 5) is 12.8. The maximum atomic E-state index is 12.8. The predicted molar refractivity (Wildman–Crippen MR) is 82.8 cm³/mol. The van der Waals surface area contributed by atoms with Crippen molar-refractivity contribution in [1.82, 2.24) is 0 Å². The number of hydrogen-bond acceptors (Lipinski definition) is 1. The van der Waals surface area contributed by atoms with Crippen molar-refractivity contribution in [2.24, 2.45) is 16.7 Å². The summed E-state index contributed by atoms with van der Waals surface area (Å²) in [6, 6.07) is 4.57. The van der Waals surface area contributed by atoms with Gasteiger partial charge < -0.3 is 5.32 Å². The average Bonchev–Trinajstić information content (AvgIpc) is 2.99. The van der Waals surface area contributed by atoms with E-state index >= 15 is 0 Å². The molecule has 3 rings (SSSR count). The van der Waals surface area contributed by atoms with Gasteiger partial charge in [-0.05, 0) is 54.9 Å². The standard InChI is InChI=1S/C18H20F3NO/c1-11-16(2,3)13-8-9-17(11,10-13)15(23)22-14-6-4-12(5-7-14)18(19,20)21/h4-7,13H,1,8-10H2,2-3H3,(H,22,23)/t13-,17+/m0/s1. The summed E-state index contributed by atoms with van der Waals surface area (Å²) in [5, 5.41) is 2.78. The first kappa shape index (κ1) is 16.1. The summed E-state index contributed by atoms with van der Waals surface area (Å²) in [6.07, 6.45) is -1.83. The number of hydrogen-bond donors (Lipinski definition) is 1. The molecule has 1 N–H and O–H groups in total. The van der Waals surface area contributed by atoms with E-state index in [4.69, 9.17) is 0 Å². The summed E-state index contributed by atoms with van der Waals surface area (Å²) in [7, 11) is 0. The fourth-order valence-corrected chi connectivity index (χ4v) is 4.14. The molecule has 124 valence electrons. The van der Waals surface area contributed by atoms with Gasteiger partial charge >= 0.3 is 6.18 Å². The topological polar surface area (TPSA) is 29.1 Å². The van der Waals surface area contributed by atoms with E-state index < -0.39 is 17.2 Å². The van der Waals surface area contributed by atoms with Gasteiger partial charge in [-0.3, -0.25) is 4.79 Å². The van der Waals surface area contributed by atoms with Crippen molar-refractivity contribution in [2.45, 2.75) is 39.3 Å². The number of fused-ring (bicyclic) bond motifs is 2. The molecule has 2 atom stereocenters. The SMILES string of the molecule is C=C1C(C)(C)[C@H]2CC[C@@]1(C(=O)Nc1ccc(C(F)(F)F)cc1)C2. The van der Waals surface area contributed by atoms with Gasteiger partial charge in [0.25, 0.3) is 0 Å². The second kappa shape index (κ2) is 4.86. The molecule has 0 aliphatic heterocycles. The Kier molecular flexibility index (Phi) is 3.40. The molecule has 0 spiro atoms. The zero-order valence-corrected chi connectivity index (χ0v) is 13.3. The number of benzene rings is 1. The van der Waals surface area contributed by atoms with Gasteiger partial charge in [-0.25, -0.2) is 0 Å². The Labute approximate surface area is 133 Å². The van der Waals surface area contributed by atoms with Crippen molar-refractivity contribution < 1.29 is 18.0 Å². The third-order valence-electron chi connectivity index (χ3n) is 5.80. The molecule has 0 unspecified atom stereocenters. The Morgan fingerprint density at radius 1 is 1.26 bits per heavy atom. The molecule has 2 nitrogen and oxygen atoms in total. The smallest absolute Gasteiger partial charge is 0.325 e. The van der Waals surface area contributed by atoms with Crippen LogP contribution in [0, 0.1) is 16.7 Å². The van der Waals surface area contributed by atoms with Crippen LogP contribution >= 0.6 is 0 Å². The van der Waals surface area contributed by atoms with E-state index in [0.29, 0.717) is 11.6 Å². The zero-order chi connectivity index (χ0) is 17.0. The van der Waals surface area contributed by atoms with Crippen LogP contribution in [0.5, 0.6) is 0 Å². The summed E-state index contributed by atoms with van der Waals surface area (Å²) >= 11 is 0. The van der Waals surface area contributed by atoms with E-state index in [2.05, 4.69) is 25.7 Å². The molecule has 0 heterocycles. The molecule has 2 aliphatic carbocycles. The second-order valence-corrected chi connectivity index (χ2v) is 7.25. The van der Waals surface area contributed by atoms with E-state index in [-0.39, 0.29) is 11.3 Å². The largest absolute Gasteiger partial charge is 0.416 e. The minimum absolute atomic E-state index is 0.0598. The Morgan fingerprint density at radius 3 is 2.35 bits per heavy atom. The Hall–Kier alpha value is -1.78. The summed E-state index contributed by atoms with van der Waals surface area (Å²) in [5.41, 5.74) is -0.0166. The first-order valence-electron chi connectivity index (χ1n) is 7.76. The highest BCUT2D eigenvalue weighted by Gasteiger charge is 2.60. The Morgan fingerprint density at radius 2 is 1.87 bits per heavy atom. The fraction of sp³-hybridized carbons (Fsp3) is 0.500. The highest BCUT2D eigenvalue weighted by Crippen LogP contribution is 2.65. The van der Waals surface area contributed by atoms with Crippen LogP contribution < -0.4 is 5.32 Å². The van der Waals surface area contributed by atoms with Gasteiger partial charge in [0.15, 0.2) is 0 Å². The van der Waals surface area contributed by atoms with Crippen LogP contribution in [0.15, 0.2) is 36.4 Å². The van der Waals surface area contributed by atoms with Crippen LogP contribution in [0.3, 0.4) is 0 Å². The summed E-state index contributed by atoms with van der Waals surface area (Å²) in [6.45, 7) is 8.40. The van der Waals surface area contributed by atoms with Crippen molar-refractivity contribution in [3.05, 3.63) is 42.0 Å². The molecule has 1 aromatic carbocycles. The van der Waals surface area contributed by atoms with Crippen molar-refractivity contribution in [1.29, 1.82) is 0 Å². The first-order chi connectivity index (χ1) is 10.6. The lowest BCUT2D eigenvalue weighted by molar-refractivity contribution is -0.137. The van der Waals surface area contributed by atoms with E-state index in [0.717, 1.165) is 37.0 Å². The number of alkyl halides is 3. The van der Waals surface area contributed by atoms with Gasteiger partial charge in [-0.1, -0.05) is 26.0 Å². The number of carbonyl (C=O) groups excluding carboxylic acids is 1. The number of amides is 1. The first-order valence-corrected chi connectivity index (χ1v) is 7.76. The quantitative estimate of drug-likeness (QED) is 0.760. The predicted octanol–water partition coefficient (Wildman–Crippen LogP) is 5.03. The summed E-state index contributed by atoms with van der Waals surface area (Å²) < 4.78 is 37.8. The Balaban J connectivity index is 1.79. The van der Waals surface area contributed by atoms with Crippen molar-refractivity contribution in [3.63, 3.8) is 0 Å². The van der Waals surface area contributed by atoms with Crippen molar-refractivity contribution >= 4 is 11.6 Å². The van der Waals surface area contributed by atoms with Crippen molar-refractivity contribution in [2.75, 3.05) is 5.32 Å². The van der Waals surface area contributed by atoms with Crippen LogP contribution in [-0.2, 0) is 11.0 Å². The normalized spacial score (nSPS) is 28.9. The molecule has 0 radical (unpaired) electrons. The lowest BCUT2D eigenvalue weighted by Crippen LogP contribution is -2.37. The van der Waals surface area contributed by atoms with E-state index in [9.17, 15) is 18.0 Å². The zero-order valence-electron chi connectivity index (χ0n) is 13.3. The number of nitrogens with one attached hydrogen (secondary N) is 1. The maximum Gasteiger partial charge on any atom is 0.416 e. The van der Waals surface area contributed by atoms with E-state index in [1.54, 1.807) is 0 Å². The summed E-state index contributed by atoms with van der Waals surface area (Å²) in [5.74, 6) is 0.309. The van der Waals surface area contributed by atoms with Gasteiger partial charge in [0.2, 0.25) is 5.91 Å². The third-order valence-corrected chi connectivity index (χ3v) is 5.80. The van der Waals surface area contributed by atoms with Crippen LogP contribution in [0.4, 0.5) is 18.9 Å². The number of carbonyl (C=O) groups is 1. The fourth-order valence-electron chi connectivity index (χ4n) is 4.14. The third kappa shape index (κ3) is 2.37. The van der Waals surface area contributed by atoms with E-state index in [1.165, 1.54) is 12.1 Å². The van der Waals surface area contributed by atoms with Gasteiger partial charge in [0, 0.05) is 5.69 Å². The lowest BCUT2D eigenvalue weighted by atomic mass is 9.68. The van der Waals surface area contributed by atoms with Crippen LogP contribution in [0.1, 0.15) is 38.7 Å². The van der Waals surface area contributed by atoms with Gasteiger partial charge in [0.1, 0.15) is 0 Å². The highest BCUT2D eigenvalue weighted by molar-refractivity contribution is 5.98. The monoisotopic (exact) mass is 323 g/mol. The molecule has 2 fully saturated rings. The van der Waals surface area contributed by atoms with E-state index in [1.807, 2.05) is 0 Å². The number of rotatable bonds is 2. The molecule has 2 saturated carbocycles. The molecule has 23 heavy (non-hydrogen) atoms. The molecule has 1 aromatic rings. The molecule has 2 bridgehead atoms. The highest BCUT2D eigenvalue weighted by atomic mass is 19.4. The molecule has 5 heteroatoms. The molecular formula is C18H20F3NO. The van der Waals surface area contributed by atoms with Crippen LogP contribution in [0.2, 0.25) is 0 Å². The molecular weight excluding hydrogens is 303 g/mol. The Bertz CT molecular complexity index is 660. The van der Waals surface area contributed by atoms with Gasteiger partial charge in [-0.2, -0.15) is 13.2 Å². The minimum Gasteiger partial charge on any atom is -0.325 e. The number of halogens is 3. The van der Waals surface area contributed by atoms with Gasteiger partial charge in [0.05, 0.1) is 11.0 Å². The van der Waals surface area contributed by atoms with Crippen LogP contribution in [0.25, 0.3) is 0 Å². The molecule has 0 aromatic heterocycles. The second-order valence-electron chi connectivity index (χ2n) is 7.25. The van der Waals surface area contributed by atoms with Crippen LogP contribution in [-0.4, -0.2) is 5.91 Å². The molecule has 0 saturated heterocycles.